The van der Waals surface area contributed by atoms with E-state index >= 15 is 0 Å². The molecule has 12 heteroatoms. The Balaban J connectivity index is 0.929. The Labute approximate surface area is 316 Å². The molecule has 0 aliphatic heterocycles. The Morgan fingerprint density at radius 1 is 0.436 bits per heavy atom. The Morgan fingerprint density at radius 2 is 0.745 bits per heavy atom. The molecule has 276 valence electrons. The number of anilines is 4. The summed E-state index contributed by atoms with van der Waals surface area (Å²) in [7, 11) is 0. The first-order valence-electron chi connectivity index (χ1n) is 17.1. The number of phenols is 1. The van der Waals surface area contributed by atoms with E-state index in [0.29, 0.717) is 29.9 Å². The molecule has 0 spiro atoms. The van der Waals surface area contributed by atoms with Gasteiger partial charge in [0, 0.05) is 41.8 Å². The van der Waals surface area contributed by atoms with E-state index in [2.05, 4.69) is 21.3 Å². The lowest BCUT2D eigenvalue weighted by molar-refractivity contribution is -0.114. The van der Waals surface area contributed by atoms with Gasteiger partial charge in [0.05, 0.1) is 0 Å². The van der Waals surface area contributed by atoms with E-state index in [9.17, 15) is 24.3 Å². The number of amides is 4. The molecule has 4 amide bonds. The maximum absolute atomic E-state index is 12.6. The number of carbonyl (C=O) groups is 4. The van der Waals surface area contributed by atoms with Gasteiger partial charge in [-0.1, -0.05) is 60.7 Å². The summed E-state index contributed by atoms with van der Waals surface area (Å²) in [6.45, 7) is 1.46. The van der Waals surface area contributed by atoms with Gasteiger partial charge in [-0.15, -0.1) is 0 Å². The molecule has 0 fully saturated rings. The smallest absolute Gasteiger partial charge is 0.417 e. The second-order valence-electron chi connectivity index (χ2n) is 12.3. The topological polar surface area (TPSA) is 164 Å². The molecule has 6 aromatic rings. The Bertz CT molecular complexity index is 2280. The maximum atomic E-state index is 12.6. The van der Waals surface area contributed by atoms with Crippen LogP contribution in [0.3, 0.4) is 0 Å². The van der Waals surface area contributed by atoms with Gasteiger partial charge in [-0.3, -0.25) is 20.7 Å². The summed E-state index contributed by atoms with van der Waals surface area (Å²) in [6.07, 6.45) is -0.810. The lowest BCUT2D eigenvalue weighted by Crippen LogP contribution is -2.18. The summed E-state index contributed by atoms with van der Waals surface area (Å²) in [6, 6.07) is 41.6. The molecule has 6 aromatic carbocycles. The highest BCUT2D eigenvalue weighted by Gasteiger charge is 2.11. The molecule has 0 aliphatic carbocycles. The van der Waals surface area contributed by atoms with Crippen LogP contribution in [0.2, 0.25) is 0 Å². The molecule has 0 heterocycles. The van der Waals surface area contributed by atoms with Crippen LogP contribution in [0.5, 0.6) is 23.0 Å². The summed E-state index contributed by atoms with van der Waals surface area (Å²) < 4.78 is 16.0. The molecule has 6 rings (SSSR count). The van der Waals surface area contributed by atoms with E-state index in [1.54, 1.807) is 66.7 Å². The minimum Gasteiger partial charge on any atom is -0.508 e. The van der Waals surface area contributed by atoms with E-state index in [4.69, 9.17) is 14.2 Å². The van der Waals surface area contributed by atoms with Gasteiger partial charge in [0.15, 0.2) is 0 Å². The number of hydrogen-bond acceptors (Lipinski definition) is 8. The maximum Gasteiger partial charge on any atom is 0.417 e. The summed E-state index contributed by atoms with van der Waals surface area (Å²) in [5.74, 6) is 0.463. The molecule has 55 heavy (non-hydrogen) atoms. The van der Waals surface area contributed by atoms with Crippen LogP contribution in [0.15, 0.2) is 146 Å². The van der Waals surface area contributed by atoms with Crippen molar-refractivity contribution in [2.24, 2.45) is 0 Å². The predicted molar refractivity (Wildman–Crippen MR) is 209 cm³/mol. The molecule has 0 aromatic heterocycles. The SMILES string of the molecule is CC(=O)Nc1ccc(Cc2ccc(NC(=O)Oc3cccc(OC(=O)Nc4ccc(Cc5ccc(NC(=O)Oc6cccc(O)c6)cc5)cc4)c3)cc2)cc1. The van der Waals surface area contributed by atoms with Crippen LogP contribution in [0.25, 0.3) is 0 Å². The third-order valence-corrected chi connectivity index (χ3v) is 7.95. The van der Waals surface area contributed by atoms with Crippen LogP contribution < -0.4 is 35.5 Å². The van der Waals surface area contributed by atoms with Crippen molar-refractivity contribution in [1.29, 1.82) is 0 Å². The number of rotatable bonds is 11. The van der Waals surface area contributed by atoms with E-state index in [1.807, 2.05) is 60.7 Å². The number of carbonyl (C=O) groups excluding carboxylic acids is 4. The highest BCUT2D eigenvalue weighted by atomic mass is 16.6. The van der Waals surface area contributed by atoms with E-state index in [-0.39, 0.29) is 28.9 Å². The fourth-order valence-electron chi connectivity index (χ4n) is 5.40. The quantitative estimate of drug-likeness (QED) is 0.0878. The number of aromatic hydroxyl groups is 1. The molecule has 0 radical (unpaired) electrons. The Morgan fingerprint density at radius 3 is 1.07 bits per heavy atom. The van der Waals surface area contributed by atoms with Crippen molar-refractivity contribution in [2.75, 3.05) is 21.3 Å². The van der Waals surface area contributed by atoms with Crippen molar-refractivity contribution < 1.29 is 38.5 Å². The van der Waals surface area contributed by atoms with Gasteiger partial charge in [-0.05, 0) is 108 Å². The van der Waals surface area contributed by atoms with Crippen molar-refractivity contribution in [3.05, 3.63) is 168 Å². The van der Waals surface area contributed by atoms with Crippen LogP contribution in [0.4, 0.5) is 37.1 Å². The van der Waals surface area contributed by atoms with E-state index in [1.165, 1.54) is 25.1 Å². The zero-order valence-corrected chi connectivity index (χ0v) is 29.6. The molecule has 0 saturated carbocycles. The minimum absolute atomic E-state index is 0.00282. The van der Waals surface area contributed by atoms with Crippen molar-refractivity contribution >= 4 is 46.9 Å². The Kier molecular flexibility index (Phi) is 12.0. The standard InChI is InChI=1S/C43H36N4O8/c1-28(48)44-33-16-8-29(9-17-33)24-30-12-20-35(21-13-30)46-42(51)54-39-6-3-7-40(27-39)55-43(52)47-36-22-14-32(15-23-36)25-31-10-18-34(19-11-31)45-41(50)53-38-5-2-4-37(49)26-38/h2-23,26-27,49H,24-25H2,1H3,(H,44,48)(H,45,50)(H,46,51)(H,47,52). The Hall–Kier alpha value is -7.60. The van der Waals surface area contributed by atoms with Gasteiger partial charge in [-0.25, -0.2) is 14.4 Å². The van der Waals surface area contributed by atoms with Gasteiger partial charge in [0.1, 0.15) is 23.0 Å². The van der Waals surface area contributed by atoms with Gasteiger partial charge in [0.25, 0.3) is 0 Å². The van der Waals surface area contributed by atoms with Crippen molar-refractivity contribution in [1.82, 2.24) is 0 Å². The van der Waals surface area contributed by atoms with E-state index in [0.717, 1.165) is 27.9 Å². The highest BCUT2D eigenvalue weighted by molar-refractivity contribution is 5.89. The van der Waals surface area contributed by atoms with Gasteiger partial charge in [-0.2, -0.15) is 0 Å². The second kappa shape index (κ2) is 17.8. The molecule has 5 N–H and O–H groups in total. The van der Waals surface area contributed by atoms with Crippen molar-refractivity contribution in [2.45, 2.75) is 19.8 Å². The fourth-order valence-corrected chi connectivity index (χ4v) is 5.40. The van der Waals surface area contributed by atoms with Crippen molar-refractivity contribution in [3.63, 3.8) is 0 Å². The monoisotopic (exact) mass is 736 g/mol. The fraction of sp³-hybridized carbons (Fsp3) is 0.0698. The van der Waals surface area contributed by atoms with Gasteiger partial charge < -0.3 is 24.6 Å². The molecule has 0 aliphatic rings. The summed E-state index contributed by atoms with van der Waals surface area (Å²) in [5, 5.41) is 20.3. The number of hydrogen-bond donors (Lipinski definition) is 5. The summed E-state index contributed by atoms with van der Waals surface area (Å²) in [5.41, 5.74) is 6.46. The molecule has 0 unspecified atom stereocenters. The molecule has 12 nitrogen and oxygen atoms in total. The lowest BCUT2D eigenvalue weighted by Gasteiger charge is -2.10. The average Bonchev–Trinajstić information content (AvgIpc) is 3.15. The first kappa shape index (κ1) is 37.2. The predicted octanol–water partition coefficient (Wildman–Crippen LogP) is 9.36. The average molecular weight is 737 g/mol. The third-order valence-electron chi connectivity index (χ3n) is 7.95. The van der Waals surface area contributed by atoms with Crippen LogP contribution in [-0.4, -0.2) is 29.3 Å². The molecule has 0 bridgehead atoms. The van der Waals surface area contributed by atoms with Crippen LogP contribution >= 0.6 is 0 Å². The second-order valence-corrected chi connectivity index (χ2v) is 12.3. The number of ether oxygens (including phenoxy) is 3. The number of benzene rings is 6. The third kappa shape index (κ3) is 11.7. The van der Waals surface area contributed by atoms with Crippen molar-refractivity contribution in [3.8, 4) is 23.0 Å². The van der Waals surface area contributed by atoms with Gasteiger partial charge >= 0.3 is 18.3 Å². The van der Waals surface area contributed by atoms with Gasteiger partial charge in [0.2, 0.25) is 5.91 Å². The lowest BCUT2D eigenvalue weighted by atomic mass is 10.0. The summed E-state index contributed by atoms with van der Waals surface area (Å²) in [4.78, 5) is 48.6. The zero-order chi connectivity index (χ0) is 38.6. The first-order valence-corrected chi connectivity index (χ1v) is 17.1. The van der Waals surface area contributed by atoms with Crippen LogP contribution in [-0.2, 0) is 17.6 Å². The normalized spacial score (nSPS) is 10.4. The molecule has 0 atom stereocenters. The summed E-state index contributed by atoms with van der Waals surface area (Å²) >= 11 is 0. The van der Waals surface area contributed by atoms with E-state index < -0.39 is 18.3 Å². The highest BCUT2D eigenvalue weighted by Crippen LogP contribution is 2.23. The minimum atomic E-state index is -0.719. The zero-order valence-electron chi connectivity index (χ0n) is 29.6. The van der Waals surface area contributed by atoms with Crippen LogP contribution in [0, 0.1) is 0 Å². The number of nitrogens with one attached hydrogen (secondary N) is 4. The molecule has 0 saturated heterocycles. The number of phenolic OH excluding ortho intramolecular Hbond substituents is 1. The van der Waals surface area contributed by atoms with Crippen LogP contribution in [0.1, 0.15) is 29.2 Å². The molecular weight excluding hydrogens is 700 g/mol. The molecular formula is C43H36N4O8. The first-order chi connectivity index (χ1) is 26.6. The largest absolute Gasteiger partial charge is 0.508 e.